The summed E-state index contributed by atoms with van der Waals surface area (Å²) in [7, 11) is 0. The van der Waals surface area contributed by atoms with E-state index < -0.39 is 18.1 Å². The molecule has 2 atom stereocenters. The number of aromatic nitrogens is 1. The van der Waals surface area contributed by atoms with E-state index in [-0.39, 0.29) is 18.1 Å². The third-order valence-electron chi connectivity index (χ3n) is 3.96. The summed E-state index contributed by atoms with van der Waals surface area (Å²) in [5.41, 5.74) is 7.86. The van der Waals surface area contributed by atoms with E-state index in [1.54, 1.807) is 12.3 Å². The molecule has 2 heterocycles. The molecule has 24 heavy (non-hydrogen) atoms. The second kappa shape index (κ2) is 6.38. The molecule has 1 amide bonds. The summed E-state index contributed by atoms with van der Waals surface area (Å²) in [4.78, 5) is 32.0. The van der Waals surface area contributed by atoms with Crippen LogP contribution in [-0.2, 0) is 9.59 Å². The average Bonchev–Trinajstić information content (AvgIpc) is 3.11. The van der Waals surface area contributed by atoms with Crippen LogP contribution in [0.15, 0.2) is 41.2 Å². The number of nitrogens with two attached hydrogens (primary N) is 1. The van der Waals surface area contributed by atoms with Crippen molar-refractivity contribution in [1.29, 1.82) is 0 Å². The van der Waals surface area contributed by atoms with Crippen molar-refractivity contribution in [3.8, 4) is 0 Å². The fraction of sp³-hybridized carbons (Fsp3) is 0.235. The molecule has 7 heteroatoms. The third-order valence-corrected chi connectivity index (χ3v) is 3.96. The largest absolute Gasteiger partial charge is 0.391 e. The molecule has 124 valence electrons. The van der Waals surface area contributed by atoms with Crippen molar-refractivity contribution in [3.63, 3.8) is 0 Å². The van der Waals surface area contributed by atoms with Gasteiger partial charge in [-0.2, -0.15) is 0 Å². The molecule has 0 saturated carbocycles. The molecule has 1 aliphatic heterocycles. The molecule has 0 aliphatic carbocycles. The number of amides is 1. The molecule has 1 aromatic heterocycles. The molecule has 2 unspecified atom stereocenters. The number of aliphatic hydroxyl groups excluding tert-OH is 1. The van der Waals surface area contributed by atoms with E-state index in [0.29, 0.717) is 6.29 Å². The van der Waals surface area contributed by atoms with Crippen LogP contribution in [-0.4, -0.2) is 51.7 Å². The van der Waals surface area contributed by atoms with Gasteiger partial charge in [-0.15, -0.1) is 0 Å². The molecular formula is C17H18N4O3. The Bertz CT molecular complexity index is 850. The van der Waals surface area contributed by atoms with Crippen LogP contribution in [0.5, 0.6) is 0 Å². The van der Waals surface area contributed by atoms with E-state index in [1.807, 2.05) is 24.3 Å². The number of aliphatic hydroxyl groups is 1. The van der Waals surface area contributed by atoms with Gasteiger partial charge in [-0.25, -0.2) is 4.99 Å². The van der Waals surface area contributed by atoms with Crippen LogP contribution < -0.4 is 5.73 Å². The maximum absolute atomic E-state index is 12.5. The van der Waals surface area contributed by atoms with Gasteiger partial charge in [0.2, 0.25) is 0 Å². The van der Waals surface area contributed by atoms with Crippen LogP contribution >= 0.6 is 0 Å². The second-order valence-corrected chi connectivity index (χ2v) is 5.64. The Morgan fingerprint density at radius 2 is 2.17 bits per heavy atom. The Labute approximate surface area is 138 Å². The number of nitrogens with zero attached hydrogens (tertiary/aromatic N) is 2. The van der Waals surface area contributed by atoms with Gasteiger partial charge in [0, 0.05) is 22.7 Å². The molecule has 3 rings (SSSR count). The summed E-state index contributed by atoms with van der Waals surface area (Å²) in [5.74, 6) is -0.202. The number of fused-ring (bicyclic) bond motifs is 1. The Morgan fingerprint density at radius 1 is 1.42 bits per heavy atom. The minimum absolute atomic E-state index is 0.149. The standard InChI is InChI=1S/C17H18N4O3/c1-10(23)15(18)16-20-14(17(24)21(16)6-7-22)8-11-9-19-13-5-3-2-4-12(11)13/h2-5,7-10,15,19,23H,6,18H2,1H3/b14-8-. The van der Waals surface area contributed by atoms with Gasteiger partial charge in [-0.1, -0.05) is 18.2 Å². The zero-order chi connectivity index (χ0) is 17.3. The molecule has 2 aromatic rings. The van der Waals surface area contributed by atoms with E-state index in [9.17, 15) is 14.7 Å². The first-order chi connectivity index (χ1) is 11.5. The predicted molar refractivity (Wildman–Crippen MR) is 91.1 cm³/mol. The molecule has 1 aromatic carbocycles. The molecule has 0 spiro atoms. The Morgan fingerprint density at radius 3 is 2.88 bits per heavy atom. The minimum Gasteiger partial charge on any atom is -0.391 e. The van der Waals surface area contributed by atoms with Crippen LogP contribution in [0.3, 0.4) is 0 Å². The van der Waals surface area contributed by atoms with Gasteiger partial charge < -0.3 is 20.6 Å². The average molecular weight is 326 g/mol. The maximum atomic E-state index is 12.5. The third kappa shape index (κ3) is 2.75. The molecular weight excluding hydrogens is 308 g/mol. The first-order valence-electron chi connectivity index (χ1n) is 7.58. The number of nitrogens with one attached hydrogen (secondary N) is 1. The first kappa shape index (κ1) is 16.1. The second-order valence-electron chi connectivity index (χ2n) is 5.64. The van der Waals surface area contributed by atoms with Crippen LogP contribution in [0, 0.1) is 0 Å². The summed E-state index contributed by atoms with van der Waals surface area (Å²) in [5, 5.41) is 10.6. The number of aldehydes is 1. The highest BCUT2D eigenvalue weighted by atomic mass is 16.3. The van der Waals surface area contributed by atoms with Gasteiger partial charge in [0.15, 0.2) is 0 Å². The van der Waals surface area contributed by atoms with Crippen molar-refractivity contribution in [2.45, 2.75) is 19.1 Å². The summed E-state index contributed by atoms with van der Waals surface area (Å²) in [6.07, 6.45) is 3.16. The van der Waals surface area contributed by atoms with E-state index in [0.717, 1.165) is 16.5 Å². The summed E-state index contributed by atoms with van der Waals surface area (Å²) in [6.45, 7) is 1.36. The lowest BCUT2D eigenvalue weighted by Crippen LogP contribution is -2.49. The number of hydrogen-bond donors (Lipinski definition) is 3. The van der Waals surface area contributed by atoms with Crippen molar-refractivity contribution in [2.24, 2.45) is 10.7 Å². The number of aromatic amines is 1. The lowest BCUT2D eigenvalue weighted by molar-refractivity contribution is -0.124. The molecule has 0 radical (unpaired) electrons. The van der Waals surface area contributed by atoms with Crippen molar-refractivity contribution in [1.82, 2.24) is 9.88 Å². The number of amidine groups is 1. The summed E-state index contributed by atoms with van der Waals surface area (Å²) < 4.78 is 0. The zero-order valence-corrected chi connectivity index (χ0v) is 13.1. The van der Waals surface area contributed by atoms with Crippen LogP contribution in [0.2, 0.25) is 0 Å². The number of aliphatic imine (C=N–C) groups is 1. The van der Waals surface area contributed by atoms with Crippen molar-refractivity contribution >= 4 is 35.0 Å². The maximum Gasteiger partial charge on any atom is 0.278 e. The number of carbonyl (C=O) groups is 2. The fourth-order valence-corrected chi connectivity index (χ4v) is 2.65. The smallest absolute Gasteiger partial charge is 0.278 e. The lowest BCUT2D eigenvalue weighted by Gasteiger charge is -2.21. The van der Waals surface area contributed by atoms with Crippen molar-refractivity contribution in [3.05, 3.63) is 41.7 Å². The van der Waals surface area contributed by atoms with E-state index >= 15 is 0 Å². The van der Waals surface area contributed by atoms with Crippen LogP contribution in [0.25, 0.3) is 17.0 Å². The van der Waals surface area contributed by atoms with Gasteiger partial charge >= 0.3 is 0 Å². The SMILES string of the molecule is CC(O)C(N)C1=N/C(=C\c2c[nH]c3ccccc23)C(=O)N1CC=O. The number of para-hydroxylation sites is 1. The number of H-pyrrole nitrogens is 1. The van der Waals surface area contributed by atoms with Gasteiger partial charge in [-0.3, -0.25) is 9.69 Å². The lowest BCUT2D eigenvalue weighted by atomic mass is 10.1. The molecule has 4 N–H and O–H groups in total. The van der Waals surface area contributed by atoms with E-state index in [1.165, 1.54) is 11.8 Å². The monoisotopic (exact) mass is 326 g/mol. The first-order valence-corrected chi connectivity index (χ1v) is 7.58. The van der Waals surface area contributed by atoms with Crippen molar-refractivity contribution in [2.75, 3.05) is 6.54 Å². The molecule has 0 fully saturated rings. The van der Waals surface area contributed by atoms with E-state index in [4.69, 9.17) is 5.73 Å². The molecule has 0 saturated heterocycles. The topological polar surface area (TPSA) is 112 Å². The van der Waals surface area contributed by atoms with E-state index in [2.05, 4.69) is 9.98 Å². The highest BCUT2D eigenvalue weighted by Crippen LogP contribution is 2.24. The Kier molecular flexibility index (Phi) is 4.28. The van der Waals surface area contributed by atoms with Crippen LogP contribution in [0.1, 0.15) is 12.5 Å². The molecule has 7 nitrogen and oxygen atoms in total. The highest BCUT2D eigenvalue weighted by Gasteiger charge is 2.34. The molecule has 0 bridgehead atoms. The predicted octanol–water partition coefficient (Wildman–Crippen LogP) is 0.656. The quantitative estimate of drug-likeness (QED) is 0.553. The van der Waals surface area contributed by atoms with Crippen molar-refractivity contribution < 1.29 is 14.7 Å². The summed E-state index contributed by atoms with van der Waals surface area (Å²) in [6, 6.07) is 6.85. The number of carbonyl (C=O) groups excluding carboxylic acids is 2. The van der Waals surface area contributed by atoms with Gasteiger partial charge in [-0.05, 0) is 19.1 Å². The van der Waals surface area contributed by atoms with Gasteiger partial charge in [0.05, 0.1) is 18.7 Å². The Balaban J connectivity index is 2.03. The highest BCUT2D eigenvalue weighted by molar-refractivity contribution is 6.17. The zero-order valence-electron chi connectivity index (χ0n) is 13.1. The van der Waals surface area contributed by atoms with Gasteiger partial charge in [0.25, 0.3) is 5.91 Å². The van der Waals surface area contributed by atoms with Gasteiger partial charge in [0.1, 0.15) is 17.8 Å². The number of hydrogen-bond acceptors (Lipinski definition) is 5. The minimum atomic E-state index is -0.891. The van der Waals surface area contributed by atoms with Crippen LogP contribution in [0.4, 0.5) is 0 Å². The normalized spacial score (nSPS) is 19.0. The number of benzene rings is 1. The fourth-order valence-electron chi connectivity index (χ4n) is 2.65. The Hall–Kier alpha value is -2.77. The number of rotatable bonds is 5. The summed E-state index contributed by atoms with van der Waals surface area (Å²) >= 11 is 0. The molecule has 1 aliphatic rings.